The summed E-state index contributed by atoms with van der Waals surface area (Å²) < 4.78 is 0. The summed E-state index contributed by atoms with van der Waals surface area (Å²) in [4.78, 5) is 23.9. The Morgan fingerprint density at radius 1 is 1.07 bits per heavy atom. The predicted octanol–water partition coefficient (Wildman–Crippen LogP) is 4.29. The monoisotopic (exact) mass is 372 g/mol. The maximum atomic E-state index is 13.1. The number of amides is 1. The molecule has 1 aliphatic rings. The summed E-state index contributed by atoms with van der Waals surface area (Å²) in [5.41, 5.74) is 5.92. The Kier molecular flexibility index (Phi) is 5.06. The SMILES string of the molecule is CCc1ccc(Nc2nc(C)cc(C(=O)N3CCc4ccccc4C3)n2)cc1. The Bertz CT molecular complexity index is 998. The molecule has 2 heterocycles. The third kappa shape index (κ3) is 3.88. The quantitative estimate of drug-likeness (QED) is 0.742. The molecule has 1 amide bonds. The lowest BCUT2D eigenvalue weighted by atomic mass is 10.00. The Labute approximate surface area is 165 Å². The van der Waals surface area contributed by atoms with Gasteiger partial charge in [-0.25, -0.2) is 9.97 Å². The molecule has 3 aromatic rings. The second kappa shape index (κ2) is 7.80. The first-order valence-electron chi connectivity index (χ1n) is 9.70. The molecule has 0 atom stereocenters. The lowest BCUT2D eigenvalue weighted by Crippen LogP contribution is -2.36. The first-order chi connectivity index (χ1) is 13.6. The van der Waals surface area contributed by atoms with Crippen LogP contribution in [-0.2, 0) is 19.4 Å². The van der Waals surface area contributed by atoms with Crippen LogP contribution in [0.3, 0.4) is 0 Å². The molecule has 1 aliphatic heterocycles. The van der Waals surface area contributed by atoms with E-state index in [0.29, 0.717) is 24.7 Å². The van der Waals surface area contributed by atoms with Crippen molar-refractivity contribution >= 4 is 17.5 Å². The van der Waals surface area contributed by atoms with Crippen LogP contribution in [0, 0.1) is 6.92 Å². The highest BCUT2D eigenvalue weighted by atomic mass is 16.2. The molecule has 0 bridgehead atoms. The number of rotatable bonds is 4. The maximum Gasteiger partial charge on any atom is 0.272 e. The van der Waals surface area contributed by atoms with Gasteiger partial charge < -0.3 is 10.2 Å². The highest BCUT2D eigenvalue weighted by molar-refractivity contribution is 5.93. The van der Waals surface area contributed by atoms with Crippen molar-refractivity contribution in [1.82, 2.24) is 14.9 Å². The molecule has 142 valence electrons. The van der Waals surface area contributed by atoms with E-state index in [1.54, 1.807) is 6.07 Å². The number of carbonyl (C=O) groups excluding carboxylic acids is 1. The smallest absolute Gasteiger partial charge is 0.272 e. The number of aryl methyl sites for hydroxylation is 2. The summed E-state index contributed by atoms with van der Waals surface area (Å²) in [7, 11) is 0. The van der Waals surface area contributed by atoms with Crippen LogP contribution in [0.4, 0.5) is 11.6 Å². The van der Waals surface area contributed by atoms with Gasteiger partial charge in [0.2, 0.25) is 5.95 Å². The molecular weight excluding hydrogens is 348 g/mol. The van der Waals surface area contributed by atoms with Gasteiger partial charge in [-0.05, 0) is 54.7 Å². The van der Waals surface area contributed by atoms with Crippen molar-refractivity contribution < 1.29 is 4.79 Å². The van der Waals surface area contributed by atoms with E-state index in [-0.39, 0.29) is 5.91 Å². The van der Waals surface area contributed by atoms with Gasteiger partial charge in [0.05, 0.1) is 0 Å². The summed E-state index contributed by atoms with van der Waals surface area (Å²) >= 11 is 0. The van der Waals surface area contributed by atoms with Crippen LogP contribution in [-0.4, -0.2) is 27.3 Å². The zero-order valence-electron chi connectivity index (χ0n) is 16.3. The van der Waals surface area contributed by atoms with Gasteiger partial charge in [0.15, 0.2) is 0 Å². The number of anilines is 2. The van der Waals surface area contributed by atoms with E-state index in [2.05, 4.69) is 52.5 Å². The minimum Gasteiger partial charge on any atom is -0.333 e. The molecule has 4 rings (SSSR count). The molecule has 1 aromatic heterocycles. The van der Waals surface area contributed by atoms with E-state index in [4.69, 9.17) is 0 Å². The molecule has 1 N–H and O–H groups in total. The fourth-order valence-electron chi connectivity index (χ4n) is 3.52. The van der Waals surface area contributed by atoms with Gasteiger partial charge in [-0.1, -0.05) is 43.3 Å². The third-order valence-electron chi connectivity index (χ3n) is 5.11. The topological polar surface area (TPSA) is 58.1 Å². The standard InChI is InChI=1S/C23H24N4O/c1-3-17-8-10-20(11-9-17)25-23-24-16(2)14-21(26-23)22(28)27-13-12-18-6-4-5-7-19(18)15-27/h4-11,14H,3,12-13,15H2,1-2H3,(H,24,25,26). The molecule has 0 spiro atoms. The predicted molar refractivity (Wildman–Crippen MR) is 111 cm³/mol. The maximum absolute atomic E-state index is 13.1. The number of hydrogen-bond acceptors (Lipinski definition) is 4. The number of aromatic nitrogens is 2. The van der Waals surface area contributed by atoms with Crippen LogP contribution in [0.25, 0.3) is 0 Å². The molecular formula is C23H24N4O. The number of hydrogen-bond donors (Lipinski definition) is 1. The van der Waals surface area contributed by atoms with Crippen molar-refractivity contribution in [2.45, 2.75) is 33.2 Å². The fraction of sp³-hybridized carbons (Fsp3) is 0.261. The van der Waals surface area contributed by atoms with Gasteiger partial charge in [-0.3, -0.25) is 4.79 Å². The molecule has 0 unspecified atom stereocenters. The molecule has 28 heavy (non-hydrogen) atoms. The van der Waals surface area contributed by atoms with Crippen molar-refractivity contribution in [3.63, 3.8) is 0 Å². The van der Waals surface area contributed by atoms with Crippen molar-refractivity contribution in [3.05, 3.63) is 82.7 Å². The van der Waals surface area contributed by atoms with Crippen molar-refractivity contribution in [2.24, 2.45) is 0 Å². The lowest BCUT2D eigenvalue weighted by Gasteiger charge is -2.28. The van der Waals surface area contributed by atoms with Crippen LogP contribution in [0.2, 0.25) is 0 Å². The Morgan fingerprint density at radius 2 is 1.82 bits per heavy atom. The van der Waals surface area contributed by atoms with Crippen LogP contribution in [0.15, 0.2) is 54.6 Å². The summed E-state index contributed by atoms with van der Waals surface area (Å²) in [5.74, 6) is 0.398. The minimum atomic E-state index is -0.0515. The van der Waals surface area contributed by atoms with E-state index >= 15 is 0 Å². The zero-order chi connectivity index (χ0) is 19.5. The summed E-state index contributed by atoms with van der Waals surface area (Å²) in [6.07, 6.45) is 1.87. The molecule has 0 aliphatic carbocycles. The van der Waals surface area contributed by atoms with Gasteiger partial charge in [0, 0.05) is 24.5 Å². The summed E-state index contributed by atoms with van der Waals surface area (Å²) in [5, 5.41) is 3.22. The third-order valence-corrected chi connectivity index (χ3v) is 5.11. The van der Waals surface area contributed by atoms with Gasteiger partial charge in [-0.2, -0.15) is 0 Å². The Balaban J connectivity index is 1.54. The summed E-state index contributed by atoms with van der Waals surface area (Å²) in [6.45, 7) is 5.34. The van der Waals surface area contributed by atoms with Crippen LogP contribution in [0.1, 0.15) is 39.8 Å². The molecule has 5 heteroatoms. The molecule has 0 saturated heterocycles. The second-order valence-corrected chi connectivity index (χ2v) is 7.14. The van der Waals surface area contributed by atoms with Gasteiger partial charge >= 0.3 is 0 Å². The van der Waals surface area contributed by atoms with Crippen molar-refractivity contribution in [3.8, 4) is 0 Å². The number of nitrogens with zero attached hydrogens (tertiary/aromatic N) is 3. The Morgan fingerprint density at radius 3 is 2.57 bits per heavy atom. The zero-order valence-corrected chi connectivity index (χ0v) is 16.3. The number of nitrogens with one attached hydrogen (secondary N) is 1. The normalized spacial score (nSPS) is 13.1. The van der Waals surface area contributed by atoms with Crippen molar-refractivity contribution in [2.75, 3.05) is 11.9 Å². The molecule has 2 aromatic carbocycles. The van der Waals surface area contributed by atoms with Gasteiger partial charge in [0.25, 0.3) is 5.91 Å². The van der Waals surface area contributed by atoms with Crippen LogP contribution in [0.5, 0.6) is 0 Å². The van der Waals surface area contributed by atoms with E-state index in [1.165, 1.54) is 16.7 Å². The number of fused-ring (bicyclic) bond motifs is 1. The first-order valence-corrected chi connectivity index (χ1v) is 9.70. The average molecular weight is 372 g/mol. The summed E-state index contributed by atoms with van der Waals surface area (Å²) in [6, 6.07) is 18.2. The van der Waals surface area contributed by atoms with Gasteiger partial charge in [-0.15, -0.1) is 0 Å². The average Bonchev–Trinajstić information content (AvgIpc) is 2.73. The second-order valence-electron chi connectivity index (χ2n) is 7.14. The Hall–Kier alpha value is -3.21. The number of carbonyl (C=O) groups is 1. The largest absolute Gasteiger partial charge is 0.333 e. The lowest BCUT2D eigenvalue weighted by molar-refractivity contribution is 0.0728. The first kappa shape index (κ1) is 18.2. The molecule has 5 nitrogen and oxygen atoms in total. The van der Waals surface area contributed by atoms with E-state index in [0.717, 1.165) is 24.2 Å². The molecule has 0 radical (unpaired) electrons. The van der Waals surface area contributed by atoms with E-state index in [1.807, 2.05) is 30.0 Å². The molecule has 0 fully saturated rings. The minimum absolute atomic E-state index is 0.0515. The van der Waals surface area contributed by atoms with E-state index < -0.39 is 0 Å². The molecule has 0 saturated carbocycles. The van der Waals surface area contributed by atoms with Crippen LogP contribution < -0.4 is 5.32 Å². The highest BCUT2D eigenvalue weighted by Gasteiger charge is 2.23. The highest BCUT2D eigenvalue weighted by Crippen LogP contribution is 2.21. The van der Waals surface area contributed by atoms with Gasteiger partial charge in [0.1, 0.15) is 5.69 Å². The number of benzene rings is 2. The van der Waals surface area contributed by atoms with Crippen molar-refractivity contribution in [1.29, 1.82) is 0 Å². The van der Waals surface area contributed by atoms with Crippen LogP contribution >= 0.6 is 0 Å². The van der Waals surface area contributed by atoms with E-state index in [9.17, 15) is 4.79 Å². The fourth-order valence-corrected chi connectivity index (χ4v) is 3.52.